The van der Waals surface area contributed by atoms with Crippen molar-refractivity contribution in [1.29, 1.82) is 0 Å². The first-order chi connectivity index (χ1) is 15.2. The number of hydrogen-bond acceptors (Lipinski definition) is 4. The van der Waals surface area contributed by atoms with Gasteiger partial charge < -0.3 is 4.90 Å². The number of hydrogen-bond donors (Lipinski definition) is 0. The number of nitro groups is 1. The molecule has 1 aliphatic rings. The zero-order valence-electron chi connectivity index (χ0n) is 19.2. The van der Waals surface area contributed by atoms with Crippen LogP contribution < -0.4 is 0 Å². The van der Waals surface area contributed by atoms with Gasteiger partial charge in [0.2, 0.25) is 5.91 Å². The van der Waals surface area contributed by atoms with Gasteiger partial charge in [0, 0.05) is 56.2 Å². The van der Waals surface area contributed by atoms with Gasteiger partial charge in [-0.05, 0) is 43.0 Å². The van der Waals surface area contributed by atoms with E-state index in [2.05, 4.69) is 4.90 Å². The summed E-state index contributed by atoms with van der Waals surface area (Å²) in [4.78, 5) is 27.6. The van der Waals surface area contributed by atoms with Gasteiger partial charge in [0.25, 0.3) is 5.69 Å². The molecule has 1 aliphatic heterocycles. The summed E-state index contributed by atoms with van der Waals surface area (Å²) in [5, 5.41) is 10.9. The van der Waals surface area contributed by atoms with Crippen molar-refractivity contribution in [2.75, 3.05) is 19.6 Å². The van der Waals surface area contributed by atoms with Gasteiger partial charge in [-0.25, -0.2) is 4.39 Å². The third kappa shape index (κ3) is 5.71. The molecule has 1 saturated heterocycles. The van der Waals surface area contributed by atoms with Crippen molar-refractivity contribution in [3.05, 3.63) is 75.6 Å². The number of carbonyl (C=O) groups is 1. The Kier molecular flexibility index (Phi) is 7.61. The largest absolute Gasteiger partial charge is 0.340 e. The quantitative estimate of drug-likeness (QED) is 0.434. The standard InChI is InChI=1S/C25H32FN3O3/c1-17(2)25(30)28(18(3)4)15-21-14-27(13-19-5-11-23(12-6-19)29(31)32)16-24(21)20-7-9-22(26)10-8-20/h5-12,17-18,21,24H,13-16H2,1-4H3/t21-,24+/m0/s1. The fourth-order valence-corrected chi connectivity index (χ4v) is 4.48. The molecule has 32 heavy (non-hydrogen) atoms. The van der Waals surface area contributed by atoms with Crippen LogP contribution in [0.4, 0.5) is 10.1 Å². The maximum Gasteiger partial charge on any atom is 0.269 e. The van der Waals surface area contributed by atoms with Crippen LogP contribution in [-0.2, 0) is 11.3 Å². The first kappa shape index (κ1) is 23.9. The lowest BCUT2D eigenvalue weighted by molar-refractivity contribution is -0.384. The molecule has 0 saturated carbocycles. The summed E-state index contributed by atoms with van der Waals surface area (Å²) in [6, 6.07) is 13.4. The van der Waals surface area contributed by atoms with Crippen LogP contribution in [0.25, 0.3) is 0 Å². The van der Waals surface area contributed by atoms with E-state index in [0.717, 1.165) is 24.2 Å². The number of likely N-dealkylation sites (tertiary alicyclic amines) is 1. The van der Waals surface area contributed by atoms with Crippen LogP contribution in [0.15, 0.2) is 48.5 Å². The Morgan fingerprint density at radius 3 is 2.25 bits per heavy atom. The highest BCUT2D eigenvalue weighted by Gasteiger charge is 2.36. The van der Waals surface area contributed by atoms with Crippen molar-refractivity contribution < 1.29 is 14.1 Å². The Bertz CT molecular complexity index is 928. The Balaban J connectivity index is 1.81. The molecular formula is C25H32FN3O3. The molecule has 0 aromatic heterocycles. The molecule has 0 aliphatic carbocycles. The Hall–Kier alpha value is -2.80. The highest BCUT2D eigenvalue weighted by Crippen LogP contribution is 2.35. The molecule has 2 aromatic rings. The number of carbonyl (C=O) groups excluding carboxylic acids is 1. The molecule has 7 heteroatoms. The van der Waals surface area contributed by atoms with Gasteiger partial charge in [-0.2, -0.15) is 0 Å². The van der Waals surface area contributed by atoms with Crippen LogP contribution in [0.2, 0.25) is 0 Å². The number of amides is 1. The summed E-state index contributed by atoms with van der Waals surface area (Å²) < 4.78 is 13.5. The number of non-ortho nitro benzene ring substituents is 1. The Morgan fingerprint density at radius 2 is 1.72 bits per heavy atom. The molecule has 0 N–H and O–H groups in total. The zero-order valence-corrected chi connectivity index (χ0v) is 19.2. The molecule has 6 nitrogen and oxygen atoms in total. The maximum atomic E-state index is 13.5. The molecule has 1 fully saturated rings. The average molecular weight is 442 g/mol. The smallest absolute Gasteiger partial charge is 0.269 e. The zero-order chi connectivity index (χ0) is 23.4. The minimum Gasteiger partial charge on any atom is -0.340 e. The van der Waals surface area contributed by atoms with Gasteiger partial charge >= 0.3 is 0 Å². The molecule has 0 radical (unpaired) electrons. The molecule has 172 valence electrons. The molecule has 0 spiro atoms. The summed E-state index contributed by atoms with van der Waals surface area (Å²) in [6.07, 6.45) is 0. The average Bonchev–Trinajstić information content (AvgIpc) is 3.14. The van der Waals surface area contributed by atoms with Crippen molar-refractivity contribution in [1.82, 2.24) is 9.80 Å². The predicted octanol–water partition coefficient (Wildman–Crippen LogP) is 4.84. The van der Waals surface area contributed by atoms with E-state index in [1.54, 1.807) is 12.1 Å². The van der Waals surface area contributed by atoms with E-state index in [-0.39, 0.29) is 41.2 Å². The SMILES string of the molecule is CC(C)C(=O)N(C[C@@H]1CN(Cc2ccc([N+](=O)[O-])cc2)C[C@@H]1c1ccc(F)cc1)C(C)C. The van der Waals surface area contributed by atoms with Crippen molar-refractivity contribution in [3.63, 3.8) is 0 Å². The van der Waals surface area contributed by atoms with Gasteiger partial charge in [-0.15, -0.1) is 0 Å². The fraction of sp³-hybridized carbons (Fsp3) is 0.480. The van der Waals surface area contributed by atoms with E-state index in [1.807, 2.05) is 44.7 Å². The van der Waals surface area contributed by atoms with Crippen molar-refractivity contribution >= 4 is 11.6 Å². The van der Waals surface area contributed by atoms with E-state index >= 15 is 0 Å². The number of nitrogens with zero attached hydrogens (tertiary/aromatic N) is 3. The van der Waals surface area contributed by atoms with Crippen LogP contribution in [0.5, 0.6) is 0 Å². The summed E-state index contributed by atoms with van der Waals surface area (Å²) in [6.45, 7) is 10.8. The van der Waals surface area contributed by atoms with Crippen LogP contribution >= 0.6 is 0 Å². The van der Waals surface area contributed by atoms with Crippen molar-refractivity contribution in [3.8, 4) is 0 Å². The lowest BCUT2D eigenvalue weighted by atomic mass is 9.88. The monoisotopic (exact) mass is 441 g/mol. The van der Waals surface area contributed by atoms with Gasteiger partial charge in [-0.3, -0.25) is 19.8 Å². The summed E-state index contributed by atoms with van der Waals surface area (Å²) in [5.41, 5.74) is 2.16. The van der Waals surface area contributed by atoms with Gasteiger partial charge in [0.1, 0.15) is 5.82 Å². The lowest BCUT2D eigenvalue weighted by Crippen LogP contribution is -2.43. The highest BCUT2D eigenvalue weighted by atomic mass is 19.1. The normalized spacial score (nSPS) is 19.0. The molecule has 2 atom stereocenters. The van der Waals surface area contributed by atoms with E-state index in [1.165, 1.54) is 24.3 Å². The second kappa shape index (κ2) is 10.2. The molecule has 0 bridgehead atoms. The van der Waals surface area contributed by atoms with E-state index in [9.17, 15) is 19.3 Å². The second-order valence-electron chi connectivity index (χ2n) is 9.27. The third-order valence-electron chi connectivity index (χ3n) is 6.20. The molecular weight excluding hydrogens is 409 g/mol. The first-order valence-electron chi connectivity index (χ1n) is 11.2. The lowest BCUT2D eigenvalue weighted by Gasteiger charge is -2.33. The summed E-state index contributed by atoms with van der Waals surface area (Å²) in [7, 11) is 0. The third-order valence-corrected chi connectivity index (χ3v) is 6.20. The summed E-state index contributed by atoms with van der Waals surface area (Å²) >= 11 is 0. The maximum absolute atomic E-state index is 13.5. The fourth-order valence-electron chi connectivity index (χ4n) is 4.48. The van der Waals surface area contributed by atoms with E-state index in [4.69, 9.17) is 0 Å². The molecule has 2 aromatic carbocycles. The van der Waals surface area contributed by atoms with E-state index in [0.29, 0.717) is 13.1 Å². The van der Waals surface area contributed by atoms with Gasteiger partial charge in [0.15, 0.2) is 0 Å². The number of benzene rings is 2. The van der Waals surface area contributed by atoms with Crippen LogP contribution in [0.3, 0.4) is 0 Å². The topological polar surface area (TPSA) is 66.7 Å². The van der Waals surface area contributed by atoms with Crippen LogP contribution in [0.1, 0.15) is 44.7 Å². The minimum atomic E-state index is -0.396. The molecule has 0 unspecified atom stereocenters. The Labute approximate surface area is 189 Å². The van der Waals surface area contributed by atoms with Crippen LogP contribution in [-0.4, -0.2) is 46.3 Å². The molecule has 1 heterocycles. The molecule has 1 amide bonds. The van der Waals surface area contributed by atoms with Gasteiger partial charge in [0.05, 0.1) is 4.92 Å². The van der Waals surface area contributed by atoms with Crippen LogP contribution in [0, 0.1) is 27.8 Å². The number of halogens is 1. The number of nitro benzene ring substituents is 1. The highest BCUT2D eigenvalue weighted by molar-refractivity contribution is 5.78. The van der Waals surface area contributed by atoms with Crippen molar-refractivity contribution in [2.24, 2.45) is 11.8 Å². The van der Waals surface area contributed by atoms with Gasteiger partial charge in [-0.1, -0.05) is 38.1 Å². The second-order valence-corrected chi connectivity index (χ2v) is 9.27. The number of rotatable bonds is 8. The minimum absolute atomic E-state index is 0.0701. The van der Waals surface area contributed by atoms with E-state index < -0.39 is 4.92 Å². The molecule has 3 rings (SSSR count). The first-order valence-corrected chi connectivity index (χ1v) is 11.2. The Morgan fingerprint density at radius 1 is 1.09 bits per heavy atom. The summed E-state index contributed by atoms with van der Waals surface area (Å²) in [5.74, 6) is 0.203. The predicted molar refractivity (Wildman–Crippen MR) is 123 cm³/mol. The van der Waals surface area contributed by atoms with Crippen molar-refractivity contribution in [2.45, 2.75) is 46.2 Å².